The second-order valence-electron chi connectivity index (χ2n) is 6.83. The van der Waals surface area contributed by atoms with Crippen molar-refractivity contribution in [2.45, 2.75) is 50.9 Å². The summed E-state index contributed by atoms with van der Waals surface area (Å²) < 4.78 is 49.5. The number of carbonyl (C=O) groups is 2. The van der Waals surface area contributed by atoms with Crippen molar-refractivity contribution in [2.24, 2.45) is 5.92 Å². The molecule has 3 atom stereocenters. The molecule has 1 aliphatic rings. The van der Waals surface area contributed by atoms with Gasteiger partial charge in [0.2, 0.25) is 5.91 Å². The van der Waals surface area contributed by atoms with Gasteiger partial charge in [-0.1, -0.05) is 18.2 Å². The lowest BCUT2D eigenvalue weighted by molar-refractivity contribution is -0.146. The van der Waals surface area contributed by atoms with Gasteiger partial charge in [0.15, 0.2) is 0 Å². The van der Waals surface area contributed by atoms with Gasteiger partial charge in [0.1, 0.15) is 6.04 Å². The minimum atomic E-state index is -4.47. The van der Waals surface area contributed by atoms with Crippen LogP contribution in [0.2, 0.25) is 0 Å². The lowest BCUT2D eigenvalue weighted by Gasteiger charge is -2.18. The quantitative estimate of drug-likeness (QED) is 0.696. The number of benzene rings is 1. The van der Waals surface area contributed by atoms with E-state index in [0.29, 0.717) is 6.42 Å². The van der Waals surface area contributed by atoms with Gasteiger partial charge >= 0.3 is 12.1 Å². The van der Waals surface area contributed by atoms with Crippen LogP contribution in [-0.4, -0.2) is 37.7 Å². The standard InChI is InChI=1S/C19H24F3NO4/c1-11(2)27-9-8-16(18(25)26-3)23-17(24)14-10-13(14)12-6-4-5-7-15(12)19(20,21)22/h4-7,11,13-14,16H,8-10H2,1-3H3,(H,23,24)/t13-,14+,16+/m1/s1. The minimum Gasteiger partial charge on any atom is -0.467 e. The summed E-state index contributed by atoms with van der Waals surface area (Å²) in [4.78, 5) is 24.3. The molecule has 0 unspecified atom stereocenters. The zero-order valence-electron chi connectivity index (χ0n) is 15.5. The third-order valence-corrected chi connectivity index (χ3v) is 4.45. The molecule has 27 heavy (non-hydrogen) atoms. The van der Waals surface area contributed by atoms with Crippen molar-refractivity contribution < 1.29 is 32.2 Å². The van der Waals surface area contributed by atoms with Crippen molar-refractivity contribution in [2.75, 3.05) is 13.7 Å². The van der Waals surface area contributed by atoms with Crippen LogP contribution in [0, 0.1) is 5.92 Å². The molecule has 1 fully saturated rings. The second-order valence-corrected chi connectivity index (χ2v) is 6.83. The molecular weight excluding hydrogens is 363 g/mol. The largest absolute Gasteiger partial charge is 0.467 e. The average molecular weight is 387 g/mol. The molecule has 0 spiro atoms. The lowest BCUT2D eigenvalue weighted by Crippen LogP contribution is -2.43. The molecule has 8 heteroatoms. The van der Waals surface area contributed by atoms with Gasteiger partial charge in [-0.3, -0.25) is 4.79 Å². The van der Waals surface area contributed by atoms with Gasteiger partial charge in [-0.05, 0) is 37.8 Å². The maximum Gasteiger partial charge on any atom is 0.416 e. The predicted octanol–water partition coefficient (Wildman–Crippen LogP) is 3.28. The number of rotatable bonds is 8. The first-order chi connectivity index (χ1) is 12.6. The first-order valence-corrected chi connectivity index (χ1v) is 8.81. The molecule has 0 aromatic heterocycles. The molecule has 0 heterocycles. The van der Waals surface area contributed by atoms with Gasteiger partial charge in [0, 0.05) is 18.9 Å². The van der Waals surface area contributed by atoms with E-state index in [4.69, 9.17) is 4.74 Å². The highest BCUT2D eigenvalue weighted by molar-refractivity contribution is 5.88. The highest BCUT2D eigenvalue weighted by atomic mass is 19.4. The van der Waals surface area contributed by atoms with Crippen molar-refractivity contribution >= 4 is 11.9 Å². The number of halogens is 3. The first kappa shape index (κ1) is 21.2. The summed E-state index contributed by atoms with van der Waals surface area (Å²) in [5.74, 6) is -2.15. The molecule has 5 nitrogen and oxygen atoms in total. The number of esters is 1. The number of methoxy groups -OCH3 is 1. The summed E-state index contributed by atoms with van der Waals surface area (Å²) >= 11 is 0. The van der Waals surface area contributed by atoms with Gasteiger partial charge in [-0.15, -0.1) is 0 Å². The van der Waals surface area contributed by atoms with E-state index in [-0.39, 0.29) is 24.7 Å². The summed E-state index contributed by atoms with van der Waals surface area (Å²) in [6.45, 7) is 3.94. The number of amides is 1. The van der Waals surface area contributed by atoms with Crippen molar-refractivity contribution in [3.63, 3.8) is 0 Å². The molecule has 0 aliphatic heterocycles. The number of hydrogen-bond donors (Lipinski definition) is 1. The Bertz CT molecular complexity index is 675. The van der Waals surface area contributed by atoms with Crippen LogP contribution in [-0.2, 0) is 25.2 Å². The summed E-state index contributed by atoms with van der Waals surface area (Å²) in [6, 6.07) is 4.38. The zero-order valence-corrected chi connectivity index (χ0v) is 15.5. The Balaban J connectivity index is 2.01. The molecule has 0 bridgehead atoms. The first-order valence-electron chi connectivity index (χ1n) is 8.81. The monoisotopic (exact) mass is 387 g/mol. The van der Waals surface area contributed by atoms with E-state index in [1.165, 1.54) is 25.3 Å². The zero-order chi connectivity index (χ0) is 20.2. The number of nitrogens with one attached hydrogen (secondary N) is 1. The number of carbonyl (C=O) groups excluding carboxylic acids is 2. The van der Waals surface area contributed by atoms with Gasteiger partial charge in [-0.2, -0.15) is 13.2 Å². The predicted molar refractivity (Wildman–Crippen MR) is 91.9 cm³/mol. The molecule has 0 saturated heterocycles. The Morgan fingerprint density at radius 3 is 2.52 bits per heavy atom. The second kappa shape index (κ2) is 8.73. The molecule has 1 aromatic rings. The van der Waals surface area contributed by atoms with E-state index in [9.17, 15) is 22.8 Å². The Morgan fingerprint density at radius 1 is 1.26 bits per heavy atom. The third kappa shape index (κ3) is 5.69. The molecule has 1 N–H and O–H groups in total. The van der Waals surface area contributed by atoms with Crippen LogP contribution in [0.4, 0.5) is 13.2 Å². The summed E-state index contributed by atoms with van der Waals surface area (Å²) in [7, 11) is 1.21. The van der Waals surface area contributed by atoms with Crippen LogP contribution in [0.25, 0.3) is 0 Å². The molecule has 1 aliphatic carbocycles. The smallest absolute Gasteiger partial charge is 0.416 e. The molecule has 2 rings (SSSR count). The van der Waals surface area contributed by atoms with Crippen LogP contribution in [0.5, 0.6) is 0 Å². The van der Waals surface area contributed by atoms with Gasteiger partial charge in [-0.25, -0.2) is 4.79 Å². The van der Waals surface area contributed by atoms with Crippen molar-refractivity contribution in [1.82, 2.24) is 5.32 Å². The fourth-order valence-electron chi connectivity index (χ4n) is 3.00. The number of ether oxygens (including phenoxy) is 2. The van der Waals surface area contributed by atoms with E-state index in [2.05, 4.69) is 10.1 Å². The number of hydrogen-bond acceptors (Lipinski definition) is 4. The van der Waals surface area contributed by atoms with Gasteiger partial charge < -0.3 is 14.8 Å². The third-order valence-electron chi connectivity index (χ3n) is 4.45. The highest BCUT2D eigenvalue weighted by Gasteiger charge is 2.48. The summed E-state index contributed by atoms with van der Waals surface area (Å²) in [5.41, 5.74) is -0.608. The fourth-order valence-corrected chi connectivity index (χ4v) is 3.00. The normalized spacial score (nSPS) is 20.3. The Labute approximate surface area is 156 Å². The van der Waals surface area contributed by atoms with E-state index < -0.39 is 41.5 Å². The van der Waals surface area contributed by atoms with Crippen molar-refractivity contribution in [3.05, 3.63) is 35.4 Å². The van der Waals surface area contributed by atoms with Crippen LogP contribution in [0.15, 0.2) is 24.3 Å². The highest BCUT2D eigenvalue weighted by Crippen LogP contribution is 2.51. The van der Waals surface area contributed by atoms with Crippen molar-refractivity contribution in [3.8, 4) is 0 Å². The Kier molecular flexibility index (Phi) is 6.86. The van der Waals surface area contributed by atoms with Crippen LogP contribution in [0.3, 0.4) is 0 Å². The molecule has 1 saturated carbocycles. The van der Waals surface area contributed by atoms with Crippen LogP contribution >= 0.6 is 0 Å². The van der Waals surface area contributed by atoms with Gasteiger partial charge in [0.05, 0.1) is 18.8 Å². The van der Waals surface area contributed by atoms with E-state index in [1.807, 2.05) is 13.8 Å². The number of alkyl halides is 3. The van der Waals surface area contributed by atoms with Gasteiger partial charge in [0.25, 0.3) is 0 Å². The average Bonchev–Trinajstić information content (AvgIpc) is 3.40. The topological polar surface area (TPSA) is 64.6 Å². The maximum absolute atomic E-state index is 13.2. The lowest BCUT2D eigenvalue weighted by atomic mass is 10.0. The molecular formula is C19H24F3NO4. The van der Waals surface area contributed by atoms with E-state index in [1.54, 1.807) is 0 Å². The maximum atomic E-state index is 13.2. The SMILES string of the molecule is COC(=O)[C@H](CCOC(C)C)NC(=O)[C@H]1C[C@@H]1c1ccccc1C(F)(F)F. The minimum absolute atomic E-state index is 0.0225. The Hall–Kier alpha value is -2.09. The summed E-state index contributed by atoms with van der Waals surface area (Å²) in [6.07, 6.45) is -3.95. The van der Waals surface area contributed by atoms with E-state index >= 15 is 0 Å². The van der Waals surface area contributed by atoms with Crippen LogP contribution < -0.4 is 5.32 Å². The fraction of sp³-hybridized carbons (Fsp3) is 0.579. The van der Waals surface area contributed by atoms with E-state index in [0.717, 1.165) is 6.07 Å². The molecule has 1 aromatic carbocycles. The molecule has 150 valence electrons. The molecule has 0 radical (unpaired) electrons. The Morgan fingerprint density at radius 2 is 1.93 bits per heavy atom. The molecule has 1 amide bonds. The summed E-state index contributed by atoms with van der Waals surface area (Å²) in [5, 5.41) is 2.59. The van der Waals surface area contributed by atoms with Crippen molar-refractivity contribution in [1.29, 1.82) is 0 Å². The van der Waals surface area contributed by atoms with Crippen LogP contribution in [0.1, 0.15) is 43.7 Å².